The van der Waals surface area contributed by atoms with Crippen LogP contribution < -0.4 is 5.32 Å². The zero-order valence-corrected chi connectivity index (χ0v) is 13.4. The minimum absolute atomic E-state index is 0.142. The van der Waals surface area contributed by atoms with Crippen LogP contribution >= 0.6 is 15.9 Å². The smallest absolute Gasteiger partial charge is 0.248 e. The Kier molecular flexibility index (Phi) is 4.35. The summed E-state index contributed by atoms with van der Waals surface area (Å²) in [6, 6.07) is 21.7. The van der Waals surface area contributed by atoms with Crippen molar-refractivity contribution in [3.8, 4) is 0 Å². The number of carbonyl (C=O) groups is 1. The van der Waals surface area contributed by atoms with E-state index in [9.17, 15) is 4.79 Å². The van der Waals surface area contributed by atoms with Crippen molar-refractivity contribution in [3.05, 3.63) is 82.8 Å². The second kappa shape index (κ2) is 6.58. The number of nitrogens with one attached hydrogen (secondary N) is 1. The van der Waals surface area contributed by atoms with E-state index < -0.39 is 0 Å². The lowest BCUT2D eigenvalue weighted by Gasteiger charge is -2.06. The van der Waals surface area contributed by atoms with Gasteiger partial charge in [-0.05, 0) is 35.2 Å². The quantitative estimate of drug-likeness (QED) is 0.641. The van der Waals surface area contributed by atoms with E-state index >= 15 is 0 Å². The third-order valence-electron chi connectivity index (χ3n) is 3.32. The Bertz CT molecular complexity index is 849. The summed E-state index contributed by atoms with van der Waals surface area (Å²) in [6.07, 6.45) is 3.34. The van der Waals surface area contributed by atoms with Crippen molar-refractivity contribution in [2.24, 2.45) is 0 Å². The zero-order valence-electron chi connectivity index (χ0n) is 11.8. The van der Waals surface area contributed by atoms with E-state index in [4.69, 9.17) is 0 Å². The highest BCUT2D eigenvalue weighted by atomic mass is 79.9. The van der Waals surface area contributed by atoms with Crippen LogP contribution in [-0.2, 0) is 4.79 Å². The standard InChI is InChI=1S/C19H14BrNO/c20-16-8-3-5-14(13-16)11-12-19(22)21-18-10-4-7-15-6-1-2-9-17(15)18/h1-13H,(H,21,22)/b12-11+. The Morgan fingerprint density at radius 3 is 2.59 bits per heavy atom. The fraction of sp³-hybridized carbons (Fsp3) is 0. The molecule has 1 amide bonds. The molecule has 3 rings (SSSR count). The van der Waals surface area contributed by atoms with Gasteiger partial charge in [0.1, 0.15) is 0 Å². The Morgan fingerprint density at radius 1 is 0.955 bits per heavy atom. The van der Waals surface area contributed by atoms with Crippen LogP contribution in [0.2, 0.25) is 0 Å². The molecular weight excluding hydrogens is 338 g/mol. The first-order valence-corrected chi connectivity index (χ1v) is 7.74. The molecule has 0 saturated carbocycles. The van der Waals surface area contributed by atoms with E-state index in [0.29, 0.717) is 0 Å². The van der Waals surface area contributed by atoms with Crippen LogP contribution in [0.25, 0.3) is 16.8 Å². The van der Waals surface area contributed by atoms with Gasteiger partial charge in [-0.1, -0.05) is 64.5 Å². The largest absolute Gasteiger partial charge is 0.322 e. The maximum Gasteiger partial charge on any atom is 0.248 e. The van der Waals surface area contributed by atoms with Gasteiger partial charge in [-0.3, -0.25) is 4.79 Å². The Balaban J connectivity index is 1.79. The van der Waals surface area contributed by atoms with Gasteiger partial charge in [-0.25, -0.2) is 0 Å². The summed E-state index contributed by atoms with van der Waals surface area (Å²) >= 11 is 3.42. The lowest BCUT2D eigenvalue weighted by Crippen LogP contribution is -2.07. The van der Waals surface area contributed by atoms with Crippen molar-refractivity contribution >= 4 is 44.4 Å². The molecule has 3 aromatic carbocycles. The summed E-state index contributed by atoms with van der Waals surface area (Å²) in [5.41, 5.74) is 1.80. The molecule has 0 bridgehead atoms. The molecule has 22 heavy (non-hydrogen) atoms. The molecule has 3 aromatic rings. The highest BCUT2D eigenvalue weighted by molar-refractivity contribution is 9.10. The van der Waals surface area contributed by atoms with Crippen molar-refractivity contribution in [1.29, 1.82) is 0 Å². The SMILES string of the molecule is O=C(/C=C/c1cccc(Br)c1)Nc1cccc2ccccc12. The molecule has 0 aliphatic heterocycles. The predicted octanol–water partition coefficient (Wildman–Crippen LogP) is 5.25. The molecule has 0 aliphatic rings. The third kappa shape index (κ3) is 3.43. The lowest BCUT2D eigenvalue weighted by molar-refractivity contribution is -0.111. The Hall–Kier alpha value is -2.39. The number of halogens is 1. The second-order valence-electron chi connectivity index (χ2n) is 4.90. The summed E-state index contributed by atoms with van der Waals surface area (Å²) < 4.78 is 0.990. The maximum atomic E-state index is 12.1. The van der Waals surface area contributed by atoms with Crippen LogP contribution in [-0.4, -0.2) is 5.91 Å². The molecule has 2 nitrogen and oxygen atoms in total. The Labute approximate surface area is 137 Å². The van der Waals surface area contributed by atoms with Gasteiger partial charge in [0.2, 0.25) is 5.91 Å². The van der Waals surface area contributed by atoms with E-state index in [0.717, 1.165) is 26.5 Å². The second-order valence-corrected chi connectivity index (χ2v) is 5.82. The molecular formula is C19H14BrNO. The van der Waals surface area contributed by atoms with Crippen molar-refractivity contribution in [2.45, 2.75) is 0 Å². The molecule has 0 saturated heterocycles. The highest BCUT2D eigenvalue weighted by Crippen LogP contribution is 2.23. The molecule has 0 unspecified atom stereocenters. The van der Waals surface area contributed by atoms with Crippen LogP contribution in [0.15, 0.2) is 77.3 Å². The average molecular weight is 352 g/mol. The van der Waals surface area contributed by atoms with Crippen molar-refractivity contribution in [1.82, 2.24) is 0 Å². The van der Waals surface area contributed by atoms with Crippen LogP contribution in [0.1, 0.15) is 5.56 Å². The van der Waals surface area contributed by atoms with Gasteiger partial charge in [0.15, 0.2) is 0 Å². The predicted molar refractivity (Wildman–Crippen MR) is 95.8 cm³/mol. The first-order chi connectivity index (χ1) is 10.7. The number of benzene rings is 3. The van der Waals surface area contributed by atoms with E-state index in [2.05, 4.69) is 21.2 Å². The summed E-state index contributed by atoms with van der Waals surface area (Å²) in [6.45, 7) is 0. The molecule has 0 radical (unpaired) electrons. The summed E-state index contributed by atoms with van der Waals surface area (Å²) in [5.74, 6) is -0.142. The van der Waals surface area contributed by atoms with E-state index in [-0.39, 0.29) is 5.91 Å². The first kappa shape index (κ1) is 14.5. The molecule has 108 valence electrons. The Morgan fingerprint density at radius 2 is 1.73 bits per heavy atom. The topological polar surface area (TPSA) is 29.1 Å². The van der Waals surface area contributed by atoms with Crippen molar-refractivity contribution < 1.29 is 4.79 Å². The van der Waals surface area contributed by atoms with Crippen molar-refractivity contribution in [3.63, 3.8) is 0 Å². The number of hydrogen-bond donors (Lipinski definition) is 1. The molecule has 1 N–H and O–H groups in total. The molecule has 0 aromatic heterocycles. The van der Waals surface area contributed by atoms with E-state index in [1.165, 1.54) is 0 Å². The van der Waals surface area contributed by atoms with Gasteiger partial charge in [0, 0.05) is 21.6 Å². The molecule has 0 atom stereocenters. The number of fused-ring (bicyclic) bond motifs is 1. The van der Waals surface area contributed by atoms with Gasteiger partial charge in [-0.2, -0.15) is 0 Å². The van der Waals surface area contributed by atoms with Crippen LogP contribution in [0, 0.1) is 0 Å². The van der Waals surface area contributed by atoms with E-state index in [1.54, 1.807) is 12.2 Å². The first-order valence-electron chi connectivity index (χ1n) is 6.95. The average Bonchev–Trinajstić information content (AvgIpc) is 2.53. The fourth-order valence-corrected chi connectivity index (χ4v) is 2.71. The molecule has 0 fully saturated rings. The monoisotopic (exact) mass is 351 g/mol. The van der Waals surface area contributed by atoms with Gasteiger partial charge >= 0.3 is 0 Å². The lowest BCUT2D eigenvalue weighted by atomic mass is 10.1. The van der Waals surface area contributed by atoms with Crippen LogP contribution in [0.3, 0.4) is 0 Å². The summed E-state index contributed by atoms with van der Waals surface area (Å²) in [4.78, 5) is 12.1. The van der Waals surface area contributed by atoms with Crippen molar-refractivity contribution in [2.75, 3.05) is 5.32 Å². The minimum Gasteiger partial charge on any atom is -0.322 e. The zero-order chi connectivity index (χ0) is 15.4. The van der Waals surface area contributed by atoms with Crippen LogP contribution in [0.5, 0.6) is 0 Å². The number of anilines is 1. The minimum atomic E-state index is -0.142. The van der Waals surface area contributed by atoms with Crippen LogP contribution in [0.4, 0.5) is 5.69 Å². The number of rotatable bonds is 3. The summed E-state index contributed by atoms with van der Waals surface area (Å²) in [5, 5.41) is 5.08. The normalized spacial score (nSPS) is 11.0. The molecule has 0 aliphatic carbocycles. The molecule has 0 spiro atoms. The maximum absolute atomic E-state index is 12.1. The highest BCUT2D eigenvalue weighted by Gasteiger charge is 2.02. The fourth-order valence-electron chi connectivity index (χ4n) is 2.29. The van der Waals surface area contributed by atoms with Gasteiger partial charge in [0.25, 0.3) is 0 Å². The third-order valence-corrected chi connectivity index (χ3v) is 3.82. The molecule has 0 heterocycles. The number of amides is 1. The van der Waals surface area contributed by atoms with Gasteiger partial charge in [0.05, 0.1) is 0 Å². The van der Waals surface area contributed by atoms with Gasteiger partial charge in [-0.15, -0.1) is 0 Å². The number of carbonyl (C=O) groups excluding carboxylic acids is 1. The summed E-state index contributed by atoms with van der Waals surface area (Å²) in [7, 11) is 0. The van der Waals surface area contributed by atoms with Gasteiger partial charge < -0.3 is 5.32 Å². The number of hydrogen-bond acceptors (Lipinski definition) is 1. The van der Waals surface area contributed by atoms with E-state index in [1.807, 2.05) is 66.7 Å². The molecule has 3 heteroatoms.